The van der Waals surface area contributed by atoms with Gasteiger partial charge in [0.05, 0.1) is 18.4 Å². The van der Waals surface area contributed by atoms with Crippen LogP contribution in [0.5, 0.6) is 5.75 Å². The number of carbonyl (C=O) groups excluding carboxylic acids is 2. The van der Waals surface area contributed by atoms with Crippen LogP contribution in [0.3, 0.4) is 0 Å². The molecular weight excluding hydrogens is 395 g/mol. The van der Waals surface area contributed by atoms with E-state index in [4.69, 9.17) is 0 Å². The van der Waals surface area contributed by atoms with Crippen molar-refractivity contribution in [3.8, 4) is 5.75 Å². The maximum atomic E-state index is 12.9. The van der Waals surface area contributed by atoms with Crippen molar-refractivity contribution >= 4 is 29.4 Å². The van der Waals surface area contributed by atoms with E-state index in [1.54, 1.807) is 6.07 Å². The van der Waals surface area contributed by atoms with Crippen LogP contribution in [0.15, 0.2) is 47.6 Å². The van der Waals surface area contributed by atoms with Gasteiger partial charge in [0.2, 0.25) is 0 Å². The van der Waals surface area contributed by atoms with Crippen molar-refractivity contribution < 1.29 is 27.9 Å². The largest absolute Gasteiger partial charge is 0.506 e. The van der Waals surface area contributed by atoms with E-state index in [1.165, 1.54) is 41.6 Å². The van der Waals surface area contributed by atoms with Crippen molar-refractivity contribution in [2.45, 2.75) is 35.3 Å². The molecule has 1 aliphatic carbocycles. The summed E-state index contributed by atoms with van der Waals surface area (Å²) in [6.45, 7) is 0.0391. The summed E-state index contributed by atoms with van der Waals surface area (Å²) in [6.07, 6.45) is 3.74. The van der Waals surface area contributed by atoms with Crippen LogP contribution in [0, 0.1) is 0 Å². The molecule has 0 bridgehead atoms. The molecule has 1 spiro atoms. The fraction of sp³-hybridized carbons (Fsp3) is 0.278. The van der Waals surface area contributed by atoms with E-state index in [-0.39, 0.29) is 34.6 Å². The number of alkyl halides is 3. The fourth-order valence-corrected chi connectivity index (χ4v) is 3.82. The van der Waals surface area contributed by atoms with Gasteiger partial charge in [0, 0.05) is 16.7 Å². The number of halogens is 3. The maximum absolute atomic E-state index is 12.9. The first kappa shape index (κ1) is 18.6. The Morgan fingerprint density at radius 3 is 2.39 bits per heavy atom. The van der Waals surface area contributed by atoms with E-state index in [1.807, 2.05) is 0 Å². The predicted octanol–water partition coefficient (Wildman–Crippen LogP) is 3.90. The number of hydrogen-bond acceptors (Lipinski definition) is 5. The predicted molar refractivity (Wildman–Crippen MR) is 94.6 cm³/mol. The van der Waals surface area contributed by atoms with E-state index in [9.17, 15) is 27.9 Å². The third-order valence-electron chi connectivity index (χ3n) is 4.81. The SMILES string of the molecule is O=C1N(c2ccc(SC(F)(F)F)cc2)C(=O)C2(CC2)N1Cc1ccncc1O. The number of anilines is 1. The Hall–Kier alpha value is -2.75. The normalized spacial score (nSPS) is 18.2. The molecule has 3 amide bonds. The van der Waals surface area contributed by atoms with Crippen LogP contribution >= 0.6 is 11.8 Å². The Bertz CT molecular complexity index is 945. The maximum Gasteiger partial charge on any atom is 0.446 e. The second-order valence-electron chi connectivity index (χ2n) is 6.59. The minimum atomic E-state index is -4.41. The molecule has 0 unspecified atom stereocenters. The summed E-state index contributed by atoms with van der Waals surface area (Å²) in [4.78, 5) is 32.0. The highest BCUT2D eigenvalue weighted by Crippen LogP contribution is 2.50. The molecule has 10 heteroatoms. The zero-order chi connectivity index (χ0) is 20.1. The molecule has 1 aromatic heterocycles. The molecule has 28 heavy (non-hydrogen) atoms. The molecular formula is C18H14F3N3O3S. The van der Waals surface area contributed by atoms with Gasteiger partial charge in [-0.2, -0.15) is 13.2 Å². The Kier molecular flexibility index (Phi) is 4.25. The number of hydrogen-bond donors (Lipinski definition) is 1. The summed E-state index contributed by atoms with van der Waals surface area (Å²) < 4.78 is 37.4. The van der Waals surface area contributed by atoms with Crippen LogP contribution in [-0.4, -0.2) is 38.0 Å². The molecule has 4 rings (SSSR count). The first-order valence-corrected chi connectivity index (χ1v) is 9.17. The van der Waals surface area contributed by atoms with Crippen molar-refractivity contribution in [2.24, 2.45) is 0 Å². The van der Waals surface area contributed by atoms with E-state index >= 15 is 0 Å². The lowest BCUT2D eigenvalue weighted by Crippen LogP contribution is -2.36. The highest BCUT2D eigenvalue weighted by atomic mass is 32.2. The molecule has 6 nitrogen and oxygen atoms in total. The summed E-state index contributed by atoms with van der Waals surface area (Å²) in [5.41, 5.74) is -4.69. The Morgan fingerprint density at radius 1 is 1.14 bits per heavy atom. The van der Waals surface area contributed by atoms with Crippen molar-refractivity contribution in [2.75, 3.05) is 4.90 Å². The van der Waals surface area contributed by atoms with Crippen molar-refractivity contribution in [3.05, 3.63) is 48.3 Å². The molecule has 2 fully saturated rings. The van der Waals surface area contributed by atoms with Gasteiger partial charge in [0.25, 0.3) is 5.91 Å². The van der Waals surface area contributed by atoms with E-state index in [2.05, 4.69) is 4.98 Å². The van der Waals surface area contributed by atoms with Gasteiger partial charge in [0.1, 0.15) is 11.3 Å². The lowest BCUT2D eigenvalue weighted by atomic mass is 10.2. The summed E-state index contributed by atoms with van der Waals surface area (Å²) in [7, 11) is 0. The average molecular weight is 409 g/mol. The van der Waals surface area contributed by atoms with Gasteiger partial charge in [-0.3, -0.25) is 9.78 Å². The number of urea groups is 1. The van der Waals surface area contributed by atoms with Gasteiger partial charge in [-0.1, -0.05) is 0 Å². The molecule has 2 aliphatic rings. The van der Waals surface area contributed by atoms with Gasteiger partial charge in [-0.25, -0.2) is 9.69 Å². The molecule has 0 radical (unpaired) electrons. The van der Waals surface area contributed by atoms with Crippen molar-refractivity contribution in [1.82, 2.24) is 9.88 Å². The van der Waals surface area contributed by atoms with Crippen LogP contribution in [0.1, 0.15) is 18.4 Å². The molecule has 0 atom stereocenters. The van der Waals surface area contributed by atoms with Crippen LogP contribution in [-0.2, 0) is 11.3 Å². The number of amides is 3. The molecule has 2 heterocycles. The number of carbonyl (C=O) groups is 2. The van der Waals surface area contributed by atoms with E-state index in [0.717, 1.165) is 4.90 Å². The number of aromatic nitrogens is 1. The smallest absolute Gasteiger partial charge is 0.446 e. The summed E-state index contributed by atoms with van der Waals surface area (Å²) in [5.74, 6) is -0.479. The monoisotopic (exact) mass is 409 g/mol. The number of aromatic hydroxyl groups is 1. The molecule has 1 aliphatic heterocycles. The van der Waals surface area contributed by atoms with Crippen molar-refractivity contribution in [1.29, 1.82) is 0 Å². The van der Waals surface area contributed by atoms with E-state index in [0.29, 0.717) is 18.4 Å². The van der Waals surface area contributed by atoms with Crippen LogP contribution in [0.4, 0.5) is 23.7 Å². The molecule has 146 valence electrons. The summed E-state index contributed by atoms with van der Waals surface area (Å²) >= 11 is -0.263. The second-order valence-corrected chi connectivity index (χ2v) is 7.73. The number of thioether (sulfide) groups is 1. The lowest BCUT2D eigenvalue weighted by molar-refractivity contribution is -0.120. The highest BCUT2D eigenvalue weighted by Gasteiger charge is 2.65. The van der Waals surface area contributed by atoms with Crippen LogP contribution < -0.4 is 4.90 Å². The zero-order valence-electron chi connectivity index (χ0n) is 14.3. The first-order chi connectivity index (χ1) is 13.2. The van der Waals surface area contributed by atoms with Gasteiger partial charge < -0.3 is 10.0 Å². The third kappa shape index (κ3) is 3.17. The van der Waals surface area contributed by atoms with E-state index < -0.39 is 23.0 Å². The third-order valence-corrected chi connectivity index (χ3v) is 5.55. The minimum Gasteiger partial charge on any atom is -0.506 e. The summed E-state index contributed by atoms with van der Waals surface area (Å²) in [6, 6.07) is 6.11. The highest BCUT2D eigenvalue weighted by molar-refractivity contribution is 8.00. The fourth-order valence-electron chi connectivity index (χ4n) is 3.28. The number of imide groups is 1. The Balaban J connectivity index is 1.60. The molecule has 1 aromatic carbocycles. The van der Waals surface area contributed by atoms with Crippen LogP contribution in [0.2, 0.25) is 0 Å². The van der Waals surface area contributed by atoms with Gasteiger partial charge in [-0.15, -0.1) is 0 Å². The number of benzene rings is 1. The summed E-state index contributed by atoms with van der Waals surface area (Å²) in [5, 5.41) is 9.93. The van der Waals surface area contributed by atoms with Gasteiger partial charge in [-0.05, 0) is 54.9 Å². The Morgan fingerprint density at radius 2 is 1.82 bits per heavy atom. The topological polar surface area (TPSA) is 73.7 Å². The first-order valence-electron chi connectivity index (χ1n) is 8.35. The minimum absolute atomic E-state index is 0.0324. The molecule has 1 N–H and O–H groups in total. The average Bonchev–Trinajstić information content (AvgIpc) is 3.39. The number of rotatable bonds is 4. The standard InChI is InChI=1S/C18H14F3N3O3S/c19-18(20,21)28-13-3-1-12(2-4-13)24-15(26)17(6-7-17)23(16(24)27)10-11-5-8-22-9-14(11)25/h1-5,8-9,25H,6-7,10H2. The second kappa shape index (κ2) is 6.40. The van der Waals surface area contributed by atoms with Crippen LogP contribution in [0.25, 0.3) is 0 Å². The lowest BCUT2D eigenvalue weighted by Gasteiger charge is -2.21. The number of nitrogens with zero attached hydrogens (tertiary/aromatic N) is 3. The number of pyridine rings is 1. The molecule has 1 saturated heterocycles. The zero-order valence-corrected chi connectivity index (χ0v) is 15.1. The molecule has 2 aromatic rings. The van der Waals surface area contributed by atoms with Gasteiger partial charge in [0.15, 0.2) is 0 Å². The Labute approximate surface area is 162 Å². The quantitative estimate of drug-likeness (QED) is 0.613. The van der Waals surface area contributed by atoms with Crippen molar-refractivity contribution in [3.63, 3.8) is 0 Å². The van der Waals surface area contributed by atoms with Gasteiger partial charge >= 0.3 is 11.5 Å². The molecule has 1 saturated carbocycles.